The van der Waals surface area contributed by atoms with Gasteiger partial charge in [-0.1, -0.05) is 37.3 Å². The fourth-order valence-electron chi connectivity index (χ4n) is 2.40. The second-order valence-corrected chi connectivity index (χ2v) is 5.41. The van der Waals surface area contributed by atoms with Gasteiger partial charge in [-0.3, -0.25) is 0 Å². The zero-order valence-corrected chi connectivity index (χ0v) is 13.8. The van der Waals surface area contributed by atoms with Gasteiger partial charge in [0, 0.05) is 12.7 Å². The molecule has 0 aliphatic rings. The van der Waals surface area contributed by atoms with Gasteiger partial charge >= 0.3 is 0 Å². The summed E-state index contributed by atoms with van der Waals surface area (Å²) in [5.41, 5.74) is 8.88. The molecule has 0 radical (unpaired) electrons. The van der Waals surface area contributed by atoms with E-state index in [2.05, 4.69) is 16.9 Å². The SMILES string of the molecule is CCc1ccc(Oc2ncnc(N(C)c3ccccc3)c2N)cc1. The molecule has 0 saturated heterocycles. The molecular weight excluding hydrogens is 300 g/mol. The average Bonchev–Trinajstić information content (AvgIpc) is 2.64. The lowest BCUT2D eigenvalue weighted by Crippen LogP contribution is -2.14. The van der Waals surface area contributed by atoms with Crippen molar-refractivity contribution in [3.05, 3.63) is 66.5 Å². The van der Waals surface area contributed by atoms with Crippen LogP contribution in [0.3, 0.4) is 0 Å². The number of benzene rings is 2. The van der Waals surface area contributed by atoms with Crippen molar-refractivity contribution in [1.82, 2.24) is 9.97 Å². The third kappa shape index (κ3) is 3.30. The number of anilines is 3. The van der Waals surface area contributed by atoms with Crippen LogP contribution in [0.4, 0.5) is 17.2 Å². The van der Waals surface area contributed by atoms with E-state index in [0.29, 0.717) is 23.1 Å². The van der Waals surface area contributed by atoms with Crippen molar-refractivity contribution in [2.24, 2.45) is 0 Å². The minimum absolute atomic E-state index is 0.354. The Balaban J connectivity index is 1.87. The molecule has 0 aliphatic carbocycles. The summed E-state index contributed by atoms with van der Waals surface area (Å²) in [5, 5.41) is 0. The Kier molecular flexibility index (Phi) is 4.61. The van der Waals surface area contributed by atoms with Gasteiger partial charge in [-0.15, -0.1) is 0 Å². The van der Waals surface area contributed by atoms with Crippen LogP contribution in [0.25, 0.3) is 0 Å². The Hall–Kier alpha value is -3.08. The number of ether oxygens (including phenoxy) is 1. The van der Waals surface area contributed by atoms with Crippen LogP contribution in [-0.2, 0) is 6.42 Å². The minimum atomic E-state index is 0.354. The van der Waals surface area contributed by atoms with E-state index >= 15 is 0 Å². The Labute approximate surface area is 141 Å². The molecule has 0 spiro atoms. The van der Waals surface area contributed by atoms with Crippen LogP contribution in [0.2, 0.25) is 0 Å². The van der Waals surface area contributed by atoms with E-state index in [1.807, 2.05) is 66.5 Å². The quantitative estimate of drug-likeness (QED) is 0.764. The lowest BCUT2D eigenvalue weighted by molar-refractivity contribution is 0.464. The average molecular weight is 320 g/mol. The van der Waals surface area contributed by atoms with Gasteiger partial charge in [-0.2, -0.15) is 4.98 Å². The molecule has 0 bridgehead atoms. The third-order valence-electron chi connectivity index (χ3n) is 3.83. The predicted octanol–water partition coefficient (Wildman–Crippen LogP) is 4.18. The van der Waals surface area contributed by atoms with Crippen LogP contribution < -0.4 is 15.4 Å². The molecule has 0 unspecified atom stereocenters. The maximum atomic E-state index is 6.23. The van der Waals surface area contributed by atoms with E-state index in [9.17, 15) is 0 Å². The maximum absolute atomic E-state index is 6.23. The highest BCUT2D eigenvalue weighted by Gasteiger charge is 2.15. The number of rotatable bonds is 5. The monoisotopic (exact) mass is 320 g/mol. The van der Waals surface area contributed by atoms with Gasteiger partial charge in [0.25, 0.3) is 0 Å². The minimum Gasteiger partial charge on any atom is -0.437 e. The van der Waals surface area contributed by atoms with Crippen molar-refractivity contribution in [3.8, 4) is 11.6 Å². The van der Waals surface area contributed by atoms with Gasteiger partial charge < -0.3 is 15.4 Å². The zero-order chi connectivity index (χ0) is 16.9. The summed E-state index contributed by atoms with van der Waals surface area (Å²) < 4.78 is 5.83. The van der Waals surface area contributed by atoms with E-state index in [1.54, 1.807) is 0 Å². The highest BCUT2D eigenvalue weighted by atomic mass is 16.5. The summed E-state index contributed by atoms with van der Waals surface area (Å²) >= 11 is 0. The van der Waals surface area contributed by atoms with E-state index in [-0.39, 0.29) is 0 Å². The molecule has 5 heteroatoms. The second kappa shape index (κ2) is 7.00. The number of nitrogens with two attached hydrogens (primary N) is 1. The number of aromatic nitrogens is 2. The van der Waals surface area contributed by atoms with Crippen LogP contribution in [0.1, 0.15) is 12.5 Å². The number of nitrogens with zero attached hydrogens (tertiary/aromatic N) is 3. The summed E-state index contributed by atoms with van der Waals surface area (Å²) in [5.74, 6) is 1.66. The molecule has 2 N–H and O–H groups in total. The molecule has 0 saturated carbocycles. The molecule has 1 aromatic heterocycles. The lowest BCUT2D eigenvalue weighted by Gasteiger charge is -2.20. The van der Waals surface area contributed by atoms with E-state index in [0.717, 1.165) is 12.1 Å². The first-order valence-corrected chi connectivity index (χ1v) is 7.85. The molecule has 5 nitrogen and oxygen atoms in total. The molecule has 0 fully saturated rings. The Morgan fingerprint density at radius 3 is 2.38 bits per heavy atom. The number of hydrogen-bond acceptors (Lipinski definition) is 5. The molecule has 122 valence electrons. The molecule has 0 atom stereocenters. The van der Waals surface area contributed by atoms with E-state index in [1.165, 1.54) is 11.9 Å². The van der Waals surface area contributed by atoms with Gasteiger partial charge in [0.1, 0.15) is 17.8 Å². The van der Waals surface area contributed by atoms with Gasteiger partial charge in [0.05, 0.1) is 0 Å². The predicted molar refractivity (Wildman–Crippen MR) is 96.8 cm³/mol. The molecule has 24 heavy (non-hydrogen) atoms. The summed E-state index contributed by atoms with van der Waals surface area (Å²) in [6.07, 6.45) is 2.45. The maximum Gasteiger partial charge on any atom is 0.248 e. The van der Waals surface area contributed by atoms with E-state index in [4.69, 9.17) is 10.5 Å². The summed E-state index contributed by atoms with van der Waals surface area (Å²) in [6, 6.07) is 17.8. The van der Waals surface area contributed by atoms with Crippen molar-refractivity contribution in [1.29, 1.82) is 0 Å². The van der Waals surface area contributed by atoms with Crippen LogP contribution >= 0.6 is 0 Å². The van der Waals surface area contributed by atoms with Crippen LogP contribution in [0, 0.1) is 0 Å². The first kappa shape index (κ1) is 15.8. The van der Waals surface area contributed by atoms with Gasteiger partial charge in [-0.25, -0.2) is 4.98 Å². The summed E-state index contributed by atoms with van der Waals surface area (Å²) in [4.78, 5) is 10.4. The highest BCUT2D eigenvalue weighted by molar-refractivity contribution is 5.74. The lowest BCUT2D eigenvalue weighted by atomic mass is 10.2. The Bertz CT molecular complexity index is 803. The third-order valence-corrected chi connectivity index (χ3v) is 3.83. The van der Waals surface area contributed by atoms with Gasteiger partial charge in [0.15, 0.2) is 5.82 Å². The van der Waals surface area contributed by atoms with Crippen molar-refractivity contribution in [2.45, 2.75) is 13.3 Å². The summed E-state index contributed by atoms with van der Waals surface area (Å²) in [7, 11) is 1.91. The van der Waals surface area contributed by atoms with Crippen LogP contribution in [0.15, 0.2) is 60.9 Å². The van der Waals surface area contributed by atoms with Crippen molar-refractivity contribution < 1.29 is 4.74 Å². The van der Waals surface area contributed by atoms with E-state index < -0.39 is 0 Å². The number of aryl methyl sites for hydroxylation is 1. The highest BCUT2D eigenvalue weighted by Crippen LogP contribution is 2.33. The van der Waals surface area contributed by atoms with Crippen LogP contribution in [-0.4, -0.2) is 17.0 Å². The molecule has 1 heterocycles. The van der Waals surface area contributed by atoms with Gasteiger partial charge in [0.2, 0.25) is 5.88 Å². The van der Waals surface area contributed by atoms with Crippen LogP contribution in [0.5, 0.6) is 11.6 Å². The van der Waals surface area contributed by atoms with Gasteiger partial charge in [-0.05, 0) is 36.2 Å². The fraction of sp³-hybridized carbons (Fsp3) is 0.158. The molecule has 0 amide bonds. The molecular formula is C19H20N4O. The Morgan fingerprint density at radius 2 is 1.71 bits per heavy atom. The molecule has 3 rings (SSSR count). The standard InChI is InChI=1S/C19H20N4O/c1-3-14-9-11-16(12-10-14)24-19-17(20)18(21-13-22-19)23(2)15-7-5-4-6-8-15/h4-13H,3,20H2,1-2H3. The fourth-order valence-corrected chi connectivity index (χ4v) is 2.40. The smallest absolute Gasteiger partial charge is 0.248 e. The number of hydrogen-bond donors (Lipinski definition) is 1. The zero-order valence-electron chi connectivity index (χ0n) is 13.8. The topological polar surface area (TPSA) is 64.3 Å². The first-order valence-electron chi connectivity index (χ1n) is 7.85. The summed E-state index contributed by atoms with van der Waals surface area (Å²) in [6.45, 7) is 2.12. The Morgan fingerprint density at radius 1 is 1.00 bits per heavy atom. The second-order valence-electron chi connectivity index (χ2n) is 5.41. The van der Waals surface area contributed by atoms with Crippen molar-refractivity contribution >= 4 is 17.2 Å². The normalized spacial score (nSPS) is 10.4. The van der Waals surface area contributed by atoms with Crippen molar-refractivity contribution in [2.75, 3.05) is 17.7 Å². The van der Waals surface area contributed by atoms with Crippen molar-refractivity contribution in [3.63, 3.8) is 0 Å². The largest absolute Gasteiger partial charge is 0.437 e. The first-order chi connectivity index (χ1) is 11.7. The number of nitrogen functional groups attached to an aromatic ring is 1. The molecule has 3 aromatic rings. The molecule has 0 aliphatic heterocycles. The molecule has 2 aromatic carbocycles. The number of para-hydroxylation sites is 1.